The molecule has 0 atom stereocenters. The number of halogens is 3. The van der Waals surface area contributed by atoms with Gasteiger partial charge in [-0.3, -0.25) is 10.1 Å². The first-order valence-electron chi connectivity index (χ1n) is 7.84. The van der Waals surface area contributed by atoms with Gasteiger partial charge in [0.05, 0.1) is 17.2 Å². The number of rotatable bonds is 4. The van der Waals surface area contributed by atoms with Crippen LogP contribution in [0.25, 0.3) is 0 Å². The molecule has 0 fully saturated rings. The van der Waals surface area contributed by atoms with Crippen LogP contribution < -0.4 is 4.90 Å². The normalized spacial score (nSPS) is 14.2. The predicted octanol–water partition coefficient (Wildman–Crippen LogP) is 4.67. The van der Waals surface area contributed by atoms with Crippen LogP contribution in [-0.4, -0.2) is 16.5 Å². The number of nitro benzene ring substituents is 1. The van der Waals surface area contributed by atoms with Crippen LogP contribution in [0.5, 0.6) is 0 Å². The molecule has 0 spiro atoms. The maximum absolute atomic E-state index is 12.6. The fourth-order valence-corrected chi connectivity index (χ4v) is 2.83. The molecular weight excluding hydrogens is 347 g/mol. The molecule has 0 N–H and O–H groups in total. The fraction of sp³-hybridized carbons (Fsp3) is 0.222. The Kier molecular flexibility index (Phi) is 4.58. The minimum atomic E-state index is -4.35. The average molecular weight is 363 g/mol. The molecule has 1 aliphatic heterocycles. The van der Waals surface area contributed by atoms with Crippen molar-refractivity contribution in [2.75, 3.05) is 11.6 Å². The molecule has 5 nitrogen and oxygen atoms in total. The molecule has 0 aromatic heterocycles. The van der Waals surface area contributed by atoms with Crippen LogP contribution in [0, 0.1) is 17.0 Å². The smallest absolute Gasteiger partial charge is 0.354 e. The molecular formula is C18H16F3N3O2. The molecule has 3 rings (SSSR count). The van der Waals surface area contributed by atoms with E-state index in [2.05, 4.69) is 0 Å². The van der Waals surface area contributed by atoms with Crippen LogP contribution in [0.3, 0.4) is 0 Å². The van der Waals surface area contributed by atoms with Crippen molar-refractivity contribution in [1.29, 1.82) is 0 Å². The zero-order chi connectivity index (χ0) is 18.9. The van der Waals surface area contributed by atoms with Gasteiger partial charge in [0.25, 0.3) is 5.69 Å². The molecule has 0 aliphatic carbocycles. The standard InChI is InChI=1S/C18H16F3N3O2/c1-13-10-14(2-7-17(13)24(25)26)11-22-8-9-23(12-22)16-5-3-15(4-6-16)18(19,20)21/h2-10H,11-12H2,1H3. The van der Waals surface area contributed by atoms with Gasteiger partial charge in [-0.25, -0.2) is 0 Å². The lowest BCUT2D eigenvalue weighted by molar-refractivity contribution is -0.385. The Morgan fingerprint density at radius 1 is 1.12 bits per heavy atom. The Balaban J connectivity index is 1.65. The second-order valence-corrected chi connectivity index (χ2v) is 6.08. The molecule has 8 heteroatoms. The summed E-state index contributed by atoms with van der Waals surface area (Å²) < 4.78 is 37.9. The Morgan fingerprint density at radius 3 is 2.38 bits per heavy atom. The summed E-state index contributed by atoms with van der Waals surface area (Å²) >= 11 is 0. The SMILES string of the molecule is Cc1cc(CN2C=CN(c3ccc(C(F)(F)F)cc3)C2)ccc1[N+](=O)[O-]. The quantitative estimate of drug-likeness (QED) is 0.585. The van der Waals surface area contributed by atoms with E-state index in [1.54, 1.807) is 25.3 Å². The minimum absolute atomic E-state index is 0.0806. The molecule has 1 aliphatic rings. The molecule has 2 aromatic rings. The monoisotopic (exact) mass is 363 g/mol. The molecule has 0 bridgehead atoms. The lowest BCUT2D eigenvalue weighted by Gasteiger charge is -2.22. The largest absolute Gasteiger partial charge is 0.416 e. The van der Waals surface area contributed by atoms with Crippen LogP contribution in [0.1, 0.15) is 16.7 Å². The van der Waals surface area contributed by atoms with Crippen molar-refractivity contribution < 1.29 is 18.1 Å². The minimum Gasteiger partial charge on any atom is -0.354 e. The Labute approximate surface area is 148 Å². The van der Waals surface area contributed by atoms with Crippen molar-refractivity contribution in [1.82, 2.24) is 4.90 Å². The third-order valence-electron chi connectivity index (χ3n) is 4.16. The van der Waals surface area contributed by atoms with E-state index >= 15 is 0 Å². The number of anilines is 1. The van der Waals surface area contributed by atoms with Crippen LogP contribution >= 0.6 is 0 Å². The summed E-state index contributed by atoms with van der Waals surface area (Å²) in [6.07, 6.45) is -0.714. The zero-order valence-electron chi connectivity index (χ0n) is 13.9. The van der Waals surface area contributed by atoms with Crippen LogP contribution in [0.2, 0.25) is 0 Å². The summed E-state index contributed by atoms with van der Waals surface area (Å²) in [5.41, 5.74) is 1.58. The zero-order valence-corrected chi connectivity index (χ0v) is 13.9. The molecule has 0 radical (unpaired) electrons. The highest BCUT2D eigenvalue weighted by Crippen LogP contribution is 2.31. The first kappa shape index (κ1) is 17.8. The maximum Gasteiger partial charge on any atom is 0.416 e. The lowest BCUT2D eigenvalue weighted by atomic mass is 10.1. The van der Waals surface area contributed by atoms with Gasteiger partial charge in [-0.1, -0.05) is 6.07 Å². The Hall–Kier alpha value is -3.03. The summed E-state index contributed by atoms with van der Waals surface area (Å²) in [5, 5.41) is 10.9. The molecule has 0 amide bonds. The lowest BCUT2D eigenvalue weighted by Crippen LogP contribution is -2.24. The fourth-order valence-electron chi connectivity index (χ4n) is 2.83. The maximum atomic E-state index is 12.6. The highest BCUT2D eigenvalue weighted by Gasteiger charge is 2.30. The van der Waals surface area contributed by atoms with Crippen LogP contribution in [0.15, 0.2) is 54.9 Å². The number of benzene rings is 2. The molecule has 0 saturated heterocycles. The van der Waals surface area contributed by atoms with Gasteiger partial charge in [0, 0.05) is 36.3 Å². The van der Waals surface area contributed by atoms with Gasteiger partial charge < -0.3 is 9.80 Å². The third kappa shape index (κ3) is 3.79. The second-order valence-electron chi connectivity index (χ2n) is 6.08. The van der Waals surface area contributed by atoms with Gasteiger partial charge in [0.2, 0.25) is 0 Å². The summed E-state index contributed by atoms with van der Waals surface area (Å²) in [5.74, 6) is 0. The van der Waals surface area contributed by atoms with Gasteiger partial charge >= 0.3 is 6.18 Å². The van der Waals surface area contributed by atoms with Crippen molar-refractivity contribution >= 4 is 11.4 Å². The number of hydrogen-bond acceptors (Lipinski definition) is 4. The highest BCUT2D eigenvalue weighted by molar-refractivity contribution is 5.51. The van der Waals surface area contributed by atoms with E-state index in [4.69, 9.17) is 0 Å². The van der Waals surface area contributed by atoms with Crippen molar-refractivity contribution in [3.05, 3.63) is 81.7 Å². The summed E-state index contributed by atoms with van der Waals surface area (Å²) in [6, 6.07) is 9.96. The van der Waals surface area contributed by atoms with Crippen LogP contribution in [-0.2, 0) is 12.7 Å². The number of alkyl halides is 3. The van der Waals surface area contributed by atoms with E-state index in [0.717, 1.165) is 17.7 Å². The summed E-state index contributed by atoms with van der Waals surface area (Å²) in [7, 11) is 0. The van der Waals surface area contributed by atoms with E-state index in [9.17, 15) is 23.3 Å². The van der Waals surface area contributed by atoms with Gasteiger partial charge in [-0.15, -0.1) is 0 Å². The molecule has 0 unspecified atom stereocenters. The molecule has 1 heterocycles. The van der Waals surface area contributed by atoms with Gasteiger partial charge in [-0.05, 0) is 42.8 Å². The Morgan fingerprint density at radius 2 is 1.81 bits per heavy atom. The topological polar surface area (TPSA) is 49.6 Å². The summed E-state index contributed by atoms with van der Waals surface area (Å²) in [4.78, 5) is 14.3. The average Bonchev–Trinajstić information content (AvgIpc) is 3.02. The van der Waals surface area contributed by atoms with E-state index in [0.29, 0.717) is 24.5 Å². The van der Waals surface area contributed by atoms with Crippen molar-refractivity contribution in [3.63, 3.8) is 0 Å². The molecule has 136 valence electrons. The van der Waals surface area contributed by atoms with Gasteiger partial charge in [0.1, 0.15) is 0 Å². The number of hydrogen-bond donors (Lipinski definition) is 0. The second kappa shape index (κ2) is 6.70. The Bertz CT molecular complexity index is 848. The van der Waals surface area contributed by atoms with Crippen molar-refractivity contribution in [2.45, 2.75) is 19.6 Å². The van der Waals surface area contributed by atoms with Gasteiger partial charge in [0.15, 0.2) is 0 Å². The molecule has 26 heavy (non-hydrogen) atoms. The third-order valence-corrected chi connectivity index (χ3v) is 4.16. The predicted molar refractivity (Wildman–Crippen MR) is 91.3 cm³/mol. The number of aryl methyl sites for hydroxylation is 1. The summed E-state index contributed by atoms with van der Waals surface area (Å²) in [6.45, 7) is 2.73. The van der Waals surface area contributed by atoms with Gasteiger partial charge in [-0.2, -0.15) is 13.2 Å². The first-order valence-corrected chi connectivity index (χ1v) is 7.84. The van der Waals surface area contributed by atoms with E-state index in [1.165, 1.54) is 18.2 Å². The first-order chi connectivity index (χ1) is 12.2. The van der Waals surface area contributed by atoms with Crippen LogP contribution in [0.4, 0.5) is 24.5 Å². The van der Waals surface area contributed by atoms with Crippen molar-refractivity contribution in [3.8, 4) is 0 Å². The highest BCUT2D eigenvalue weighted by atomic mass is 19.4. The van der Waals surface area contributed by atoms with E-state index in [-0.39, 0.29) is 5.69 Å². The number of nitrogens with zero attached hydrogens (tertiary/aromatic N) is 3. The molecule has 0 saturated carbocycles. The van der Waals surface area contributed by atoms with E-state index in [1.807, 2.05) is 16.0 Å². The molecule has 2 aromatic carbocycles. The van der Waals surface area contributed by atoms with E-state index < -0.39 is 16.7 Å². The number of nitro groups is 1. The van der Waals surface area contributed by atoms with Crippen molar-refractivity contribution in [2.24, 2.45) is 0 Å².